The largest absolute Gasteiger partial charge is 0.484 e. The predicted octanol–water partition coefficient (Wildman–Crippen LogP) is 2.65. The van der Waals surface area contributed by atoms with E-state index < -0.39 is 12.1 Å². The van der Waals surface area contributed by atoms with Crippen molar-refractivity contribution in [3.05, 3.63) is 17.0 Å². The van der Waals surface area contributed by atoms with E-state index in [1.54, 1.807) is 11.3 Å². The van der Waals surface area contributed by atoms with Crippen molar-refractivity contribution in [3.8, 4) is 5.06 Å². The Labute approximate surface area is 133 Å². The van der Waals surface area contributed by atoms with E-state index in [0.29, 0.717) is 25.9 Å². The molecule has 1 aromatic rings. The monoisotopic (exact) mass is 326 g/mol. The number of unbranched alkanes of at least 4 members (excludes halogenated alkanes) is 1. The number of hydrogen-bond acceptors (Lipinski definition) is 5. The fourth-order valence-corrected chi connectivity index (χ4v) is 3.64. The molecule has 1 aliphatic carbocycles. The zero-order valence-electron chi connectivity index (χ0n) is 12.7. The number of Topliss-reactive ketones (excluding diaryl/α,β-unsaturated/α-hetero) is 1. The molecule has 1 fully saturated rings. The predicted molar refractivity (Wildman–Crippen MR) is 83.3 cm³/mol. The Kier molecular flexibility index (Phi) is 5.97. The van der Waals surface area contributed by atoms with E-state index in [9.17, 15) is 14.7 Å². The van der Waals surface area contributed by atoms with Crippen LogP contribution in [0.3, 0.4) is 0 Å². The quantitative estimate of drug-likeness (QED) is 0.718. The normalized spacial score (nSPS) is 24.6. The number of ketones is 1. The summed E-state index contributed by atoms with van der Waals surface area (Å²) in [5.74, 6) is -1.16. The molecule has 0 bridgehead atoms. The number of aliphatic hydroxyl groups excluding tert-OH is 1. The molecule has 1 saturated carbocycles. The standard InChI is InChI=1S/C16H22O5S/c1-10-6-7-16(22-10)21-9-12-11(13(17)8-14(12)18)4-2-3-5-15(19)20/h6-7,11-12,14,18H,2-5,8-9H2,1H3,(H,19,20)/t11-,12-,14-/m1/s1. The number of ether oxygens (including phenoxy) is 1. The third-order valence-electron chi connectivity index (χ3n) is 4.12. The fraction of sp³-hybridized carbons (Fsp3) is 0.625. The van der Waals surface area contributed by atoms with Gasteiger partial charge in [-0.3, -0.25) is 9.59 Å². The van der Waals surface area contributed by atoms with E-state index >= 15 is 0 Å². The van der Waals surface area contributed by atoms with Gasteiger partial charge in [0, 0.05) is 29.6 Å². The van der Waals surface area contributed by atoms with Gasteiger partial charge in [0.2, 0.25) is 0 Å². The molecule has 122 valence electrons. The fourth-order valence-electron chi connectivity index (χ4n) is 2.93. The highest BCUT2D eigenvalue weighted by Gasteiger charge is 2.41. The highest BCUT2D eigenvalue weighted by molar-refractivity contribution is 7.13. The zero-order valence-corrected chi connectivity index (χ0v) is 13.5. The molecular formula is C16H22O5S. The van der Waals surface area contributed by atoms with Crippen molar-refractivity contribution in [3.63, 3.8) is 0 Å². The SMILES string of the molecule is Cc1ccc(OC[C@H]2[C@H](O)CC(=O)[C@@H]2CCCCC(=O)O)s1. The van der Waals surface area contributed by atoms with Crippen LogP contribution in [0.25, 0.3) is 0 Å². The van der Waals surface area contributed by atoms with Crippen LogP contribution < -0.4 is 4.74 Å². The Balaban J connectivity index is 1.85. The van der Waals surface area contributed by atoms with Gasteiger partial charge in [0.05, 0.1) is 12.7 Å². The average molecular weight is 326 g/mol. The Morgan fingerprint density at radius 3 is 2.82 bits per heavy atom. The van der Waals surface area contributed by atoms with E-state index in [1.165, 1.54) is 0 Å². The lowest BCUT2D eigenvalue weighted by atomic mass is 9.90. The van der Waals surface area contributed by atoms with E-state index in [4.69, 9.17) is 9.84 Å². The number of aryl methyl sites for hydroxylation is 1. The zero-order chi connectivity index (χ0) is 16.1. The van der Waals surface area contributed by atoms with Gasteiger partial charge < -0.3 is 14.9 Å². The molecule has 0 radical (unpaired) electrons. The topological polar surface area (TPSA) is 83.8 Å². The highest BCUT2D eigenvalue weighted by atomic mass is 32.1. The minimum atomic E-state index is -0.814. The summed E-state index contributed by atoms with van der Waals surface area (Å²) < 4.78 is 5.72. The first-order chi connectivity index (χ1) is 10.5. The van der Waals surface area contributed by atoms with Gasteiger partial charge in [0.25, 0.3) is 0 Å². The van der Waals surface area contributed by atoms with Crippen LogP contribution in [0.1, 0.15) is 37.0 Å². The maximum atomic E-state index is 12.0. The number of carboxylic acid groups (broad SMARTS) is 1. The summed E-state index contributed by atoms with van der Waals surface area (Å²) in [6.45, 7) is 2.33. The van der Waals surface area contributed by atoms with Crippen LogP contribution in [0, 0.1) is 18.8 Å². The third-order valence-corrected chi connectivity index (χ3v) is 5.04. The first-order valence-corrected chi connectivity index (χ1v) is 8.41. The summed E-state index contributed by atoms with van der Waals surface area (Å²) in [5, 5.41) is 19.5. The van der Waals surface area contributed by atoms with Crippen molar-refractivity contribution in [2.24, 2.45) is 11.8 Å². The summed E-state index contributed by atoms with van der Waals surface area (Å²) in [6.07, 6.45) is 1.52. The number of thiophene rings is 1. The molecule has 2 rings (SSSR count). The number of aliphatic carboxylic acids is 1. The molecule has 22 heavy (non-hydrogen) atoms. The van der Waals surface area contributed by atoms with Crippen LogP contribution in [-0.4, -0.2) is 34.7 Å². The van der Waals surface area contributed by atoms with Crippen molar-refractivity contribution in [2.75, 3.05) is 6.61 Å². The van der Waals surface area contributed by atoms with Crippen LogP contribution in [0.15, 0.2) is 12.1 Å². The van der Waals surface area contributed by atoms with Gasteiger partial charge in [-0.05, 0) is 31.9 Å². The number of hydrogen-bond donors (Lipinski definition) is 2. The molecule has 1 aliphatic rings. The van der Waals surface area contributed by atoms with Gasteiger partial charge in [0.1, 0.15) is 5.78 Å². The first-order valence-electron chi connectivity index (χ1n) is 7.59. The van der Waals surface area contributed by atoms with Gasteiger partial charge in [-0.15, -0.1) is 11.3 Å². The maximum Gasteiger partial charge on any atom is 0.303 e. The van der Waals surface area contributed by atoms with E-state index in [0.717, 1.165) is 9.94 Å². The third kappa shape index (κ3) is 4.55. The van der Waals surface area contributed by atoms with Crippen LogP contribution in [0.2, 0.25) is 0 Å². The van der Waals surface area contributed by atoms with Crippen molar-refractivity contribution < 1.29 is 24.5 Å². The minimum absolute atomic E-state index is 0.0683. The van der Waals surface area contributed by atoms with Crippen molar-refractivity contribution in [1.82, 2.24) is 0 Å². The lowest BCUT2D eigenvalue weighted by Crippen LogP contribution is -2.27. The van der Waals surface area contributed by atoms with Crippen molar-refractivity contribution in [1.29, 1.82) is 0 Å². The number of carbonyl (C=O) groups excluding carboxylic acids is 1. The first kappa shape index (κ1) is 17.0. The Morgan fingerprint density at radius 2 is 2.18 bits per heavy atom. The summed E-state index contributed by atoms with van der Waals surface area (Å²) in [7, 11) is 0. The second kappa shape index (κ2) is 7.74. The molecule has 3 atom stereocenters. The van der Waals surface area contributed by atoms with Crippen LogP contribution in [0.5, 0.6) is 5.06 Å². The van der Waals surface area contributed by atoms with Gasteiger partial charge >= 0.3 is 5.97 Å². The average Bonchev–Trinajstić information content (AvgIpc) is 2.96. The Morgan fingerprint density at radius 1 is 1.41 bits per heavy atom. The Bertz CT molecular complexity index is 524. The second-order valence-corrected chi connectivity index (χ2v) is 7.07. The summed E-state index contributed by atoms with van der Waals surface area (Å²) in [6, 6.07) is 3.87. The van der Waals surface area contributed by atoms with E-state index in [1.807, 2.05) is 19.1 Å². The lowest BCUT2D eigenvalue weighted by molar-refractivity contribution is -0.137. The summed E-state index contributed by atoms with van der Waals surface area (Å²) in [5.41, 5.74) is 0. The number of carboxylic acids is 1. The number of carbonyl (C=O) groups is 2. The molecule has 6 heteroatoms. The maximum absolute atomic E-state index is 12.0. The van der Waals surface area contributed by atoms with Gasteiger partial charge in [-0.1, -0.05) is 6.42 Å². The molecule has 0 amide bonds. The molecule has 0 spiro atoms. The Hall–Kier alpha value is -1.40. The summed E-state index contributed by atoms with van der Waals surface area (Å²) in [4.78, 5) is 23.7. The molecule has 0 aliphatic heterocycles. The number of aliphatic hydroxyl groups is 1. The van der Waals surface area contributed by atoms with Crippen molar-refractivity contribution in [2.45, 2.75) is 45.1 Å². The van der Waals surface area contributed by atoms with E-state index in [2.05, 4.69) is 0 Å². The molecule has 0 saturated heterocycles. The molecule has 0 unspecified atom stereocenters. The van der Waals surface area contributed by atoms with Crippen molar-refractivity contribution >= 4 is 23.1 Å². The molecule has 0 aromatic carbocycles. The smallest absolute Gasteiger partial charge is 0.303 e. The molecule has 2 N–H and O–H groups in total. The van der Waals surface area contributed by atoms with Gasteiger partial charge in [-0.25, -0.2) is 0 Å². The van der Waals surface area contributed by atoms with E-state index in [-0.39, 0.29) is 30.5 Å². The van der Waals surface area contributed by atoms with Crippen LogP contribution >= 0.6 is 11.3 Å². The second-order valence-electron chi connectivity index (χ2n) is 5.82. The van der Waals surface area contributed by atoms with Gasteiger partial charge in [0.15, 0.2) is 5.06 Å². The lowest BCUT2D eigenvalue weighted by Gasteiger charge is -2.20. The van der Waals surface area contributed by atoms with Gasteiger partial charge in [-0.2, -0.15) is 0 Å². The highest BCUT2D eigenvalue weighted by Crippen LogP contribution is 2.34. The molecule has 1 heterocycles. The van der Waals surface area contributed by atoms with Crippen LogP contribution in [-0.2, 0) is 9.59 Å². The summed E-state index contributed by atoms with van der Waals surface area (Å²) >= 11 is 1.55. The minimum Gasteiger partial charge on any atom is -0.484 e. The molecule has 5 nitrogen and oxygen atoms in total. The molecular weight excluding hydrogens is 304 g/mol. The van der Waals surface area contributed by atoms with Crippen LogP contribution in [0.4, 0.5) is 0 Å². The number of rotatable bonds is 8. The molecule has 1 aromatic heterocycles.